The second-order valence-corrected chi connectivity index (χ2v) is 7.57. The minimum atomic E-state index is 0. The van der Waals surface area contributed by atoms with Crippen molar-refractivity contribution in [2.24, 2.45) is 4.99 Å². The van der Waals surface area contributed by atoms with Gasteiger partial charge in [-0.1, -0.05) is 0 Å². The van der Waals surface area contributed by atoms with Crippen molar-refractivity contribution in [1.29, 1.82) is 0 Å². The van der Waals surface area contributed by atoms with E-state index >= 15 is 0 Å². The molecule has 2 fully saturated rings. The SMILES string of the molecule is CN=C(NCC(=O)NC1CC1)N1CCSC(C)(C)C1.I. The third kappa shape index (κ3) is 5.67. The molecule has 5 nitrogen and oxygen atoms in total. The predicted molar refractivity (Wildman–Crippen MR) is 96.1 cm³/mol. The Kier molecular flexibility index (Phi) is 6.90. The fourth-order valence-electron chi connectivity index (χ4n) is 2.20. The highest BCUT2D eigenvalue weighted by Crippen LogP contribution is 2.29. The predicted octanol–water partition coefficient (Wildman–Crippen LogP) is 1.29. The van der Waals surface area contributed by atoms with E-state index in [4.69, 9.17) is 0 Å². The van der Waals surface area contributed by atoms with E-state index in [0.717, 1.165) is 37.6 Å². The number of amides is 1. The molecule has 20 heavy (non-hydrogen) atoms. The molecule has 2 rings (SSSR count). The summed E-state index contributed by atoms with van der Waals surface area (Å²) in [7, 11) is 1.77. The lowest BCUT2D eigenvalue weighted by Crippen LogP contribution is -2.52. The van der Waals surface area contributed by atoms with Gasteiger partial charge in [-0.05, 0) is 26.7 Å². The van der Waals surface area contributed by atoms with Crippen LogP contribution >= 0.6 is 35.7 Å². The Labute approximate surface area is 142 Å². The normalized spacial score (nSPS) is 21.9. The molecule has 1 amide bonds. The molecule has 0 radical (unpaired) electrons. The fourth-order valence-corrected chi connectivity index (χ4v) is 3.31. The number of rotatable bonds is 3. The summed E-state index contributed by atoms with van der Waals surface area (Å²) in [6.45, 7) is 6.75. The van der Waals surface area contributed by atoms with Crippen molar-refractivity contribution in [3.05, 3.63) is 0 Å². The quantitative estimate of drug-likeness (QED) is 0.417. The van der Waals surface area contributed by atoms with Gasteiger partial charge in [0.25, 0.3) is 0 Å². The van der Waals surface area contributed by atoms with Crippen LogP contribution in [0.3, 0.4) is 0 Å². The standard InChI is InChI=1S/C13H24N4OS.HI/c1-13(2)9-17(6-7-19-13)12(14-3)15-8-11(18)16-10-4-5-10;/h10H,4-9H2,1-3H3,(H,14,15)(H,16,18);1H. The number of aliphatic imine (C=N–C) groups is 1. The Morgan fingerprint density at radius 1 is 1.45 bits per heavy atom. The lowest BCUT2D eigenvalue weighted by atomic mass is 10.2. The molecule has 1 aliphatic carbocycles. The number of halogens is 1. The van der Waals surface area contributed by atoms with Crippen LogP contribution in [-0.2, 0) is 4.79 Å². The first-order valence-electron chi connectivity index (χ1n) is 6.89. The lowest BCUT2D eigenvalue weighted by Gasteiger charge is -2.39. The van der Waals surface area contributed by atoms with Gasteiger partial charge in [-0.15, -0.1) is 24.0 Å². The highest BCUT2D eigenvalue weighted by molar-refractivity contribution is 14.0. The van der Waals surface area contributed by atoms with Crippen LogP contribution in [0.2, 0.25) is 0 Å². The average Bonchev–Trinajstić information content (AvgIpc) is 3.12. The van der Waals surface area contributed by atoms with E-state index in [-0.39, 0.29) is 34.6 Å². The van der Waals surface area contributed by atoms with E-state index in [2.05, 4.69) is 34.4 Å². The van der Waals surface area contributed by atoms with Crippen molar-refractivity contribution in [2.45, 2.75) is 37.5 Å². The molecule has 1 saturated heterocycles. The smallest absolute Gasteiger partial charge is 0.239 e. The van der Waals surface area contributed by atoms with Crippen molar-refractivity contribution in [3.8, 4) is 0 Å². The van der Waals surface area contributed by atoms with E-state index in [1.807, 2.05) is 11.8 Å². The third-order valence-corrected chi connectivity index (χ3v) is 4.58. The number of guanidine groups is 1. The molecular formula is C13H25IN4OS. The first-order valence-corrected chi connectivity index (χ1v) is 7.88. The Balaban J connectivity index is 0.00000200. The van der Waals surface area contributed by atoms with Gasteiger partial charge in [-0.3, -0.25) is 9.79 Å². The van der Waals surface area contributed by atoms with Crippen LogP contribution in [0, 0.1) is 0 Å². The molecule has 0 aromatic rings. The Morgan fingerprint density at radius 2 is 2.15 bits per heavy atom. The van der Waals surface area contributed by atoms with Crippen LogP contribution in [-0.4, -0.2) is 60.0 Å². The van der Waals surface area contributed by atoms with E-state index in [1.165, 1.54) is 0 Å². The average molecular weight is 412 g/mol. The third-order valence-electron chi connectivity index (χ3n) is 3.29. The number of carbonyl (C=O) groups excluding carboxylic acids is 1. The molecule has 0 unspecified atom stereocenters. The highest BCUT2D eigenvalue weighted by atomic mass is 127. The van der Waals surface area contributed by atoms with Gasteiger partial charge in [0.15, 0.2) is 5.96 Å². The molecule has 0 aromatic heterocycles. The van der Waals surface area contributed by atoms with Gasteiger partial charge in [-0.25, -0.2) is 0 Å². The Morgan fingerprint density at radius 3 is 2.70 bits per heavy atom. The largest absolute Gasteiger partial charge is 0.352 e. The second kappa shape index (κ2) is 7.72. The van der Waals surface area contributed by atoms with Gasteiger partial charge in [-0.2, -0.15) is 11.8 Å². The van der Waals surface area contributed by atoms with Gasteiger partial charge in [0.1, 0.15) is 0 Å². The summed E-state index contributed by atoms with van der Waals surface area (Å²) in [6.07, 6.45) is 2.25. The monoisotopic (exact) mass is 412 g/mol. The van der Waals surface area contributed by atoms with Crippen LogP contribution < -0.4 is 10.6 Å². The fraction of sp³-hybridized carbons (Fsp3) is 0.846. The number of hydrogen-bond acceptors (Lipinski definition) is 3. The van der Waals surface area contributed by atoms with Crippen molar-refractivity contribution in [1.82, 2.24) is 15.5 Å². The summed E-state index contributed by atoms with van der Waals surface area (Å²) >= 11 is 1.99. The number of nitrogens with zero attached hydrogens (tertiary/aromatic N) is 2. The van der Waals surface area contributed by atoms with Crippen LogP contribution in [0.15, 0.2) is 4.99 Å². The first-order chi connectivity index (χ1) is 9.00. The molecule has 2 aliphatic rings. The lowest BCUT2D eigenvalue weighted by molar-refractivity contribution is -0.120. The minimum Gasteiger partial charge on any atom is -0.352 e. The minimum absolute atomic E-state index is 0. The van der Waals surface area contributed by atoms with E-state index in [0.29, 0.717) is 12.6 Å². The van der Waals surface area contributed by atoms with Crippen LogP contribution in [0.5, 0.6) is 0 Å². The number of nitrogens with one attached hydrogen (secondary N) is 2. The van der Waals surface area contributed by atoms with Crippen LogP contribution in [0.25, 0.3) is 0 Å². The molecule has 116 valence electrons. The molecular weight excluding hydrogens is 387 g/mol. The molecule has 1 heterocycles. The van der Waals surface area contributed by atoms with Gasteiger partial charge >= 0.3 is 0 Å². The van der Waals surface area contributed by atoms with Gasteiger partial charge in [0, 0.05) is 36.7 Å². The van der Waals surface area contributed by atoms with Crippen molar-refractivity contribution >= 4 is 47.6 Å². The second-order valence-electron chi connectivity index (χ2n) is 5.77. The highest BCUT2D eigenvalue weighted by Gasteiger charge is 2.29. The summed E-state index contributed by atoms with van der Waals surface area (Å²) in [6, 6.07) is 0.418. The maximum absolute atomic E-state index is 11.7. The summed E-state index contributed by atoms with van der Waals surface area (Å²) in [5, 5.41) is 6.14. The van der Waals surface area contributed by atoms with E-state index in [1.54, 1.807) is 7.05 Å². The van der Waals surface area contributed by atoms with Crippen molar-refractivity contribution in [3.63, 3.8) is 0 Å². The van der Waals surface area contributed by atoms with Gasteiger partial charge < -0.3 is 15.5 Å². The molecule has 7 heteroatoms. The number of thioether (sulfide) groups is 1. The summed E-state index contributed by atoms with van der Waals surface area (Å²) < 4.78 is 0.242. The molecule has 1 saturated carbocycles. The number of hydrogen-bond donors (Lipinski definition) is 2. The molecule has 0 atom stereocenters. The summed E-state index contributed by atoms with van der Waals surface area (Å²) in [5.74, 6) is 2.00. The Hall–Kier alpha value is -0.180. The maximum Gasteiger partial charge on any atom is 0.239 e. The Bertz CT molecular complexity index is 371. The zero-order valence-corrected chi connectivity index (χ0v) is 15.6. The molecule has 2 N–H and O–H groups in total. The molecule has 1 aliphatic heterocycles. The van der Waals surface area contributed by atoms with E-state index in [9.17, 15) is 4.79 Å². The zero-order chi connectivity index (χ0) is 13.9. The number of carbonyl (C=O) groups is 1. The van der Waals surface area contributed by atoms with Gasteiger partial charge in [0.05, 0.1) is 6.54 Å². The van der Waals surface area contributed by atoms with Crippen molar-refractivity contribution in [2.75, 3.05) is 32.4 Å². The van der Waals surface area contributed by atoms with Gasteiger partial charge in [0.2, 0.25) is 5.91 Å². The molecule has 0 aromatic carbocycles. The molecule has 0 bridgehead atoms. The summed E-state index contributed by atoms with van der Waals surface area (Å²) in [5.41, 5.74) is 0. The summed E-state index contributed by atoms with van der Waals surface area (Å²) in [4.78, 5) is 18.2. The van der Waals surface area contributed by atoms with E-state index < -0.39 is 0 Å². The van der Waals surface area contributed by atoms with Crippen LogP contribution in [0.1, 0.15) is 26.7 Å². The van der Waals surface area contributed by atoms with Crippen molar-refractivity contribution < 1.29 is 4.79 Å². The molecule has 0 spiro atoms. The topological polar surface area (TPSA) is 56.7 Å². The zero-order valence-electron chi connectivity index (χ0n) is 12.4. The maximum atomic E-state index is 11.7. The first kappa shape index (κ1) is 17.9. The van der Waals surface area contributed by atoms with Crippen LogP contribution in [0.4, 0.5) is 0 Å².